The normalized spacial score (nSPS) is 19.4. The lowest BCUT2D eigenvalue weighted by molar-refractivity contribution is -0.119. The Morgan fingerprint density at radius 2 is 1.88 bits per heavy atom. The van der Waals surface area contributed by atoms with Crippen molar-refractivity contribution in [3.05, 3.63) is 63.7 Å². The van der Waals surface area contributed by atoms with Gasteiger partial charge in [-0.3, -0.25) is 9.69 Å². The average molecular weight is 450 g/mol. The van der Waals surface area contributed by atoms with Gasteiger partial charge in [-0.2, -0.15) is 0 Å². The van der Waals surface area contributed by atoms with Crippen molar-refractivity contribution in [2.24, 2.45) is 0 Å². The molecule has 132 valence electrons. The molecule has 0 aromatic heterocycles. The molecule has 2 N–H and O–H groups in total. The van der Waals surface area contributed by atoms with Crippen molar-refractivity contribution in [2.75, 3.05) is 18.4 Å². The molecule has 1 aliphatic heterocycles. The maximum Gasteiger partial charge on any atom is 0.238 e. The molecule has 0 unspecified atom stereocenters. The third-order valence-corrected chi connectivity index (χ3v) is 5.36. The van der Waals surface area contributed by atoms with Crippen LogP contribution in [-0.4, -0.2) is 35.0 Å². The van der Waals surface area contributed by atoms with Crippen LogP contribution in [-0.2, 0) is 4.79 Å². The number of amides is 1. The SMILES string of the molecule is O=C(CN1CCCC[C@@H]1[C@@H](O)c1ccccc1)Nc1ccc(I)cc1. The number of aliphatic hydroxyl groups excluding tert-OH is 1. The highest BCUT2D eigenvalue weighted by atomic mass is 127. The van der Waals surface area contributed by atoms with Crippen LogP contribution < -0.4 is 5.32 Å². The van der Waals surface area contributed by atoms with E-state index in [1.54, 1.807) is 0 Å². The number of piperidine rings is 1. The van der Waals surface area contributed by atoms with Gasteiger partial charge in [0, 0.05) is 15.3 Å². The number of nitrogens with one attached hydrogen (secondary N) is 1. The first-order chi connectivity index (χ1) is 12.1. The molecule has 0 radical (unpaired) electrons. The lowest BCUT2D eigenvalue weighted by atomic mass is 9.93. The van der Waals surface area contributed by atoms with Gasteiger partial charge in [-0.25, -0.2) is 0 Å². The molecule has 0 bridgehead atoms. The molecule has 0 spiro atoms. The zero-order valence-electron chi connectivity index (χ0n) is 14.1. The van der Waals surface area contributed by atoms with Crippen molar-refractivity contribution in [1.29, 1.82) is 0 Å². The van der Waals surface area contributed by atoms with Crippen molar-refractivity contribution in [2.45, 2.75) is 31.4 Å². The molecule has 1 saturated heterocycles. The van der Waals surface area contributed by atoms with Crippen LogP contribution in [0.4, 0.5) is 5.69 Å². The Labute approximate surface area is 162 Å². The minimum atomic E-state index is -0.562. The molecule has 1 amide bonds. The minimum Gasteiger partial charge on any atom is -0.387 e. The van der Waals surface area contributed by atoms with E-state index in [0.717, 1.165) is 40.6 Å². The standard InChI is InChI=1S/C20H23IN2O2/c21-16-9-11-17(12-10-16)22-19(24)14-23-13-5-4-8-18(23)20(25)15-6-2-1-3-7-15/h1-3,6-7,9-12,18,20,25H,4-5,8,13-14H2,(H,22,24)/t18-,20+/m1/s1. The Hall–Kier alpha value is -1.44. The predicted molar refractivity (Wildman–Crippen MR) is 108 cm³/mol. The Kier molecular flexibility index (Phi) is 6.45. The maximum absolute atomic E-state index is 12.4. The van der Waals surface area contributed by atoms with E-state index in [4.69, 9.17) is 0 Å². The first kappa shape index (κ1) is 18.4. The monoisotopic (exact) mass is 450 g/mol. The van der Waals surface area contributed by atoms with Gasteiger partial charge in [0.1, 0.15) is 0 Å². The molecular formula is C20H23IN2O2. The summed E-state index contributed by atoms with van der Waals surface area (Å²) in [6.45, 7) is 1.15. The molecule has 5 heteroatoms. The number of aliphatic hydroxyl groups is 1. The number of carbonyl (C=O) groups is 1. The number of halogens is 1. The second-order valence-corrected chi connectivity index (χ2v) is 7.69. The van der Waals surface area contributed by atoms with Crippen molar-refractivity contribution >= 4 is 34.2 Å². The van der Waals surface area contributed by atoms with Crippen LogP contribution in [0.3, 0.4) is 0 Å². The first-order valence-electron chi connectivity index (χ1n) is 8.66. The van der Waals surface area contributed by atoms with Gasteiger partial charge in [-0.1, -0.05) is 36.8 Å². The Morgan fingerprint density at radius 1 is 1.16 bits per heavy atom. The predicted octanol–water partition coefficient (Wildman–Crippen LogP) is 3.82. The summed E-state index contributed by atoms with van der Waals surface area (Å²) in [5, 5.41) is 13.7. The summed E-state index contributed by atoms with van der Waals surface area (Å²) in [4.78, 5) is 14.5. The summed E-state index contributed by atoms with van der Waals surface area (Å²) >= 11 is 2.24. The second kappa shape index (κ2) is 8.78. The fourth-order valence-corrected chi connectivity index (χ4v) is 3.72. The molecule has 2 aromatic rings. The van der Waals surface area contributed by atoms with Gasteiger partial charge < -0.3 is 10.4 Å². The van der Waals surface area contributed by atoms with Crippen molar-refractivity contribution < 1.29 is 9.90 Å². The Balaban J connectivity index is 1.64. The third-order valence-electron chi connectivity index (χ3n) is 4.64. The Morgan fingerprint density at radius 3 is 2.60 bits per heavy atom. The van der Waals surface area contributed by atoms with E-state index in [-0.39, 0.29) is 11.9 Å². The molecule has 0 saturated carbocycles. The summed E-state index contributed by atoms with van der Waals surface area (Å²) in [6.07, 6.45) is 2.50. The van der Waals surface area contributed by atoms with Gasteiger partial charge >= 0.3 is 0 Å². The highest BCUT2D eigenvalue weighted by molar-refractivity contribution is 14.1. The number of nitrogens with zero attached hydrogens (tertiary/aromatic N) is 1. The van der Waals surface area contributed by atoms with Crippen molar-refractivity contribution in [3.8, 4) is 0 Å². The van der Waals surface area contributed by atoms with Gasteiger partial charge in [0.25, 0.3) is 0 Å². The number of benzene rings is 2. The average Bonchev–Trinajstić information content (AvgIpc) is 2.64. The fourth-order valence-electron chi connectivity index (χ4n) is 3.36. The van der Waals surface area contributed by atoms with Crippen molar-refractivity contribution in [3.63, 3.8) is 0 Å². The van der Waals surface area contributed by atoms with E-state index in [9.17, 15) is 9.90 Å². The molecule has 2 atom stereocenters. The van der Waals surface area contributed by atoms with Gasteiger partial charge in [-0.15, -0.1) is 0 Å². The smallest absolute Gasteiger partial charge is 0.238 e. The highest BCUT2D eigenvalue weighted by Crippen LogP contribution is 2.28. The van der Waals surface area contributed by atoms with Crippen LogP contribution in [0, 0.1) is 3.57 Å². The van der Waals surface area contributed by atoms with Crippen LogP contribution in [0.25, 0.3) is 0 Å². The summed E-state index contributed by atoms with van der Waals surface area (Å²) in [7, 11) is 0. The molecule has 3 rings (SSSR count). The second-order valence-electron chi connectivity index (χ2n) is 6.44. The van der Waals surface area contributed by atoms with E-state index in [2.05, 4.69) is 32.8 Å². The van der Waals surface area contributed by atoms with E-state index in [0.29, 0.717) is 6.54 Å². The van der Waals surface area contributed by atoms with Gasteiger partial charge in [0.05, 0.1) is 12.6 Å². The summed E-state index contributed by atoms with van der Waals surface area (Å²) in [5.41, 5.74) is 1.72. The van der Waals surface area contributed by atoms with Gasteiger partial charge in [0.2, 0.25) is 5.91 Å². The van der Waals surface area contributed by atoms with E-state index in [1.165, 1.54) is 0 Å². The molecule has 0 aliphatic carbocycles. The van der Waals surface area contributed by atoms with E-state index >= 15 is 0 Å². The van der Waals surface area contributed by atoms with Gasteiger partial charge in [0.15, 0.2) is 0 Å². The van der Waals surface area contributed by atoms with Crippen LogP contribution in [0.15, 0.2) is 54.6 Å². The summed E-state index contributed by atoms with van der Waals surface area (Å²) in [5.74, 6) is -0.0339. The fraction of sp³-hybridized carbons (Fsp3) is 0.350. The molecule has 1 heterocycles. The molecule has 25 heavy (non-hydrogen) atoms. The first-order valence-corrected chi connectivity index (χ1v) is 9.74. The number of hydrogen-bond acceptors (Lipinski definition) is 3. The number of hydrogen-bond donors (Lipinski definition) is 2. The number of likely N-dealkylation sites (tertiary alicyclic amines) is 1. The number of anilines is 1. The van der Waals surface area contributed by atoms with Crippen LogP contribution in [0.2, 0.25) is 0 Å². The number of carbonyl (C=O) groups excluding carboxylic acids is 1. The van der Waals surface area contributed by atoms with Gasteiger partial charge in [-0.05, 0) is 71.8 Å². The largest absolute Gasteiger partial charge is 0.387 e. The van der Waals surface area contributed by atoms with Crippen LogP contribution >= 0.6 is 22.6 Å². The summed E-state index contributed by atoms with van der Waals surface area (Å²) < 4.78 is 1.14. The zero-order valence-corrected chi connectivity index (χ0v) is 16.2. The van der Waals surface area contributed by atoms with Crippen molar-refractivity contribution in [1.82, 2.24) is 4.90 Å². The topological polar surface area (TPSA) is 52.6 Å². The van der Waals surface area contributed by atoms with Crippen LogP contribution in [0.5, 0.6) is 0 Å². The molecule has 2 aromatic carbocycles. The zero-order chi connectivity index (χ0) is 17.6. The molecule has 4 nitrogen and oxygen atoms in total. The van der Waals surface area contributed by atoms with E-state index in [1.807, 2.05) is 54.6 Å². The quantitative estimate of drug-likeness (QED) is 0.682. The molecular weight excluding hydrogens is 427 g/mol. The van der Waals surface area contributed by atoms with E-state index < -0.39 is 6.10 Å². The summed E-state index contributed by atoms with van der Waals surface area (Å²) in [6, 6.07) is 17.5. The molecule has 1 fully saturated rings. The third kappa shape index (κ3) is 5.03. The van der Waals surface area contributed by atoms with Crippen LogP contribution in [0.1, 0.15) is 30.9 Å². The lowest BCUT2D eigenvalue weighted by Crippen LogP contribution is -2.46. The highest BCUT2D eigenvalue weighted by Gasteiger charge is 2.30. The minimum absolute atomic E-state index is 0.0152. The molecule has 1 aliphatic rings. The maximum atomic E-state index is 12.4. The lowest BCUT2D eigenvalue weighted by Gasteiger charge is -2.38. The Bertz CT molecular complexity index is 691. The number of rotatable bonds is 5.